The predicted molar refractivity (Wildman–Crippen MR) is 93.4 cm³/mol. The van der Waals surface area contributed by atoms with Gasteiger partial charge in [-0.3, -0.25) is 4.98 Å². The minimum atomic E-state index is 0.0721. The van der Waals surface area contributed by atoms with Crippen LogP contribution in [0.15, 0.2) is 79.1 Å². The molecule has 2 aromatic carbocycles. The van der Waals surface area contributed by atoms with E-state index >= 15 is 0 Å². The predicted octanol–water partition coefficient (Wildman–Crippen LogP) is 3.82. The molecule has 0 saturated heterocycles. The number of pyridine rings is 1. The summed E-state index contributed by atoms with van der Waals surface area (Å²) in [6.45, 7) is 0.177. The first-order chi connectivity index (χ1) is 11.4. The largest absolute Gasteiger partial charge is 0.396 e. The zero-order valence-electron chi connectivity index (χ0n) is 12.9. The zero-order chi connectivity index (χ0) is 15.9. The lowest BCUT2D eigenvalue weighted by Crippen LogP contribution is -2.12. The van der Waals surface area contributed by atoms with E-state index in [1.54, 1.807) is 0 Å². The van der Waals surface area contributed by atoms with Crippen LogP contribution in [-0.2, 0) is 6.42 Å². The van der Waals surface area contributed by atoms with Crippen molar-refractivity contribution < 1.29 is 5.11 Å². The first-order valence-corrected chi connectivity index (χ1v) is 7.78. The number of hydrogen-bond acceptors (Lipinski definition) is 3. The van der Waals surface area contributed by atoms with Crippen molar-refractivity contribution in [1.82, 2.24) is 4.98 Å². The van der Waals surface area contributed by atoms with Gasteiger partial charge in [0, 0.05) is 24.7 Å². The van der Waals surface area contributed by atoms with Gasteiger partial charge < -0.3 is 10.4 Å². The topological polar surface area (TPSA) is 45.1 Å². The SMILES string of the molecule is OCCc1ccc(NC(c2ccccc2)c2ccncc2)cc1. The molecule has 0 aliphatic rings. The lowest BCUT2D eigenvalue weighted by molar-refractivity contribution is 0.299. The number of rotatable bonds is 6. The van der Waals surface area contributed by atoms with Crippen LogP contribution in [0.5, 0.6) is 0 Å². The minimum Gasteiger partial charge on any atom is -0.396 e. The molecule has 116 valence electrons. The molecule has 3 aromatic rings. The molecular formula is C20H20N2O. The molecule has 0 aliphatic carbocycles. The molecule has 0 radical (unpaired) electrons. The van der Waals surface area contributed by atoms with Gasteiger partial charge in [0.15, 0.2) is 0 Å². The summed E-state index contributed by atoms with van der Waals surface area (Å²) in [6.07, 6.45) is 4.32. The number of aromatic nitrogens is 1. The van der Waals surface area contributed by atoms with E-state index in [9.17, 15) is 0 Å². The number of aliphatic hydroxyl groups excluding tert-OH is 1. The Labute approximate surface area is 136 Å². The van der Waals surface area contributed by atoms with Crippen LogP contribution in [0.4, 0.5) is 5.69 Å². The molecule has 0 bridgehead atoms. The molecule has 1 unspecified atom stereocenters. The minimum absolute atomic E-state index is 0.0721. The van der Waals surface area contributed by atoms with Gasteiger partial charge in [-0.1, -0.05) is 42.5 Å². The maximum Gasteiger partial charge on any atom is 0.0768 e. The summed E-state index contributed by atoms with van der Waals surface area (Å²) >= 11 is 0. The second kappa shape index (κ2) is 7.56. The van der Waals surface area contributed by atoms with Crippen molar-refractivity contribution in [2.45, 2.75) is 12.5 Å². The van der Waals surface area contributed by atoms with Crippen LogP contribution >= 0.6 is 0 Å². The van der Waals surface area contributed by atoms with E-state index in [2.05, 4.69) is 46.7 Å². The van der Waals surface area contributed by atoms with E-state index in [1.165, 1.54) is 11.1 Å². The van der Waals surface area contributed by atoms with Crippen molar-refractivity contribution in [3.63, 3.8) is 0 Å². The van der Waals surface area contributed by atoms with E-state index in [1.807, 2.05) is 42.7 Å². The second-order valence-corrected chi connectivity index (χ2v) is 5.44. The van der Waals surface area contributed by atoms with Crippen LogP contribution in [0.3, 0.4) is 0 Å². The molecule has 0 fully saturated rings. The van der Waals surface area contributed by atoms with Crippen molar-refractivity contribution in [3.8, 4) is 0 Å². The van der Waals surface area contributed by atoms with Crippen molar-refractivity contribution in [2.75, 3.05) is 11.9 Å². The summed E-state index contributed by atoms with van der Waals surface area (Å²) in [6, 6.07) is 22.7. The van der Waals surface area contributed by atoms with Gasteiger partial charge in [-0.15, -0.1) is 0 Å². The Morgan fingerprint density at radius 3 is 2.13 bits per heavy atom. The third kappa shape index (κ3) is 3.96. The van der Waals surface area contributed by atoms with Gasteiger partial charge in [-0.25, -0.2) is 0 Å². The maximum atomic E-state index is 9.01. The third-order valence-electron chi connectivity index (χ3n) is 3.84. The van der Waals surface area contributed by atoms with Gasteiger partial charge in [-0.05, 0) is 47.4 Å². The molecule has 1 heterocycles. The molecule has 1 atom stereocenters. The molecule has 3 heteroatoms. The fourth-order valence-corrected chi connectivity index (χ4v) is 2.62. The first kappa shape index (κ1) is 15.3. The Kier molecular flexibility index (Phi) is 5.02. The summed E-state index contributed by atoms with van der Waals surface area (Å²) < 4.78 is 0. The quantitative estimate of drug-likeness (QED) is 0.728. The van der Waals surface area contributed by atoms with Crippen molar-refractivity contribution in [3.05, 3.63) is 95.8 Å². The Morgan fingerprint density at radius 2 is 1.48 bits per heavy atom. The molecule has 0 spiro atoms. The van der Waals surface area contributed by atoms with Crippen LogP contribution in [0, 0.1) is 0 Å². The number of hydrogen-bond donors (Lipinski definition) is 2. The van der Waals surface area contributed by atoms with Crippen LogP contribution in [0.25, 0.3) is 0 Å². The van der Waals surface area contributed by atoms with Crippen LogP contribution in [0.2, 0.25) is 0 Å². The van der Waals surface area contributed by atoms with Crippen molar-refractivity contribution in [1.29, 1.82) is 0 Å². The summed E-state index contributed by atoms with van der Waals surface area (Å²) in [4.78, 5) is 4.11. The number of nitrogens with zero attached hydrogens (tertiary/aromatic N) is 1. The Hall–Kier alpha value is -2.65. The molecule has 2 N–H and O–H groups in total. The van der Waals surface area contributed by atoms with E-state index < -0.39 is 0 Å². The highest BCUT2D eigenvalue weighted by molar-refractivity contribution is 5.50. The number of anilines is 1. The fourth-order valence-electron chi connectivity index (χ4n) is 2.62. The van der Waals surface area contributed by atoms with E-state index in [-0.39, 0.29) is 12.6 Å². The van der Waals surface area contributed by atoms with Crippen LogP contribution in [0.1, 0.15) is 22.7 Å². The molecule has 0 saturated carbocycles. The van der Waals surface area contributed by atoms with E-state index in [0.29, 0.717) is 6.42 Å². The van der Waals surface area contributed by atoms with Crippen molar-refractivity contribution >= 4 is 5.69 Å². The van der Waals surface area contributed by atoms with Crippen LogP contribution in [-0.4, -0.2) is 16.7 Å². The third-order valence-corrected chi connectivity index (χ3v) is 3.84. The number of aliphatic hydroxyl groups is 1. The van der Waals surface area contributed by atoms with E-state index in [4.69, 9.17) is 5.11 Å². The molecule has 0 aliphatic heterocycles. The average Bonchev–Trinajstić information content (AvgIpc) is 2.63. The summed E-state index contributed by atoms with van der Waals surface area (Å²) in [5.74, 6) is 0. The van der Waals surface area contributed by atoms with Gasteiger partial charge in [0.1, 0.15) is 0 Å². The highest BCUT2D eigenvalue weighted by Gasteiger charge is 2.13. The maximum absolute atomic E-state index is 9.01. The normalized spacial score (nSPS) is 11.9. The lowest BCUT2D eigenvalue weighted by Gasteiger charge is -2.21. The molecule has 3 nitrogen and oxygen atoms in total. The highest BCUT2D eigenvalue weighted by atomic mass is 16.2. The monoisotopic (exact) mass is 304 g/mol. The average molecular weight is 304 g/mol. The Morgan fingerprint density at radius 1 is 0.826 bits per heavy atom. The van der Waals surface area contributed by atoms with Gasteiger partial charge in [0.2, 0.25) is 0 Å². The fraction of sp³-hybridized carbons (Fsp3) is 0.150. The Balaban J connectivity index is 1.87. The van der Waals surface area contributed by atoms with Gasteiger partial charge in [-0.2, -0.15) is 0 Å². The van der Waals surface area contributed by atoms with Crippen molar-refractivity contribution in [2.24, 2.45) is 0 Å². The number of benzene rings is 2. The summed E-state index contributed by atoms with van der Waals surface area (Å²) in [5, 5.41) is 12.6. The molecule has 1 aromatic heterocycles. The first-order valence-electron chi connectivity index (χ1n) is 7.78. The lowest BCUT2D eigenvalue weighted by atomic mass is 9.99. The molecule has 0 amide bonds. The smallest absolute Gasteiger partial charge is 0.0768 e. The number of nitrogens with one attached hydrogen (secondary N) is 1. The highest BCUT2D eigenvalue weighted by Crippen LogP contribution is 2.26. The van der Waals surface area contributed by atoms with Gasteiger partial charge >= 0.3 is 0 Å². The molecule has 3 rings (SSSR count). The summed E-state index contributed by atoms with van der Waals surface area (Å²) in [5.41, 5.74) is 4.57. The van der Waals surface area contributed by atoms with E-state index in [0.717, 1.165) is 11.3 Å². The molecule has 23 heavy (non-hydrogen) atoms. The zero-order valence-corrected chi connectivity index (χ0v) is 12.9. The molecular weight excluding hydrogens is 284 g/mol. The standard InChI is InChI=1S/C20H20N2O/c23-15-12-16-6-8-19(9-7-16)22-20(17-4-2-1-3-5-17)18-10-13-21-14-11-18/h1-11,13-14,20,22-23H,12,15H2. The van der Waals surface area contributed by atoms with Gasteiger partial charge in [0.25, 0.3) is 0 Å². The Bertz CT molecular complexity index is 672. The van der Waals surface area contributed by atoms with Crippen LogP contribution < -0.4 is 5.32 Å². The summed E-state index contributed by atoms with van der Waals surface area (Å²) in [7, 11) is 0. The van der Waals surface area contributed by atoms with Gasteiger partial charge in [0.05, 0.1) is 6.04 Å². The second-order valence-electron chi connectivity index (χ2n) is 5.44.